The van der Waals surface area contributed by atoms with Gasteiger partial charge in [0.25, 0.3) is 0 Å². The summed E-state index contributed by atoms with van der Waals surface area (Å²) < 4.78 is 0. The molecular formula is C12H19NO2. The standard InChI is InChI=1S/C12H19NO2/c14-8-10-4-5-11(6-10)13-12(15)7-9-2-1-3-9/h4-5,9-11,14H,1-3,6-8H2,(H,13,15)/t10-,11+/m0/s1. The second-order valence-electron chi connectivity index (χ2n) is 4.74. The fourth-order valence-corrected chi connectivity index (χ4v) is 2.24. The van der Waals surface area contributed by atoms with Crippen molar-refractivity contribution in [2.75, 3.05) is 6.61 Å². The van der Waals surface area contributed by atoms with Gasteiger partial charge in [-0.1, -0.05) is 18.6 Å². The van der Waals surface area contributed by atoms with Gasteiger partial charge in [-0.15, -0.1) is 0 Å². The zero-order valence-corrected chi connectivity index (χ0v) is 8.98. The highest BCUT2D eigenvalue weighted by Gasteiger charge is 2.23. The molecule has 0 unspecified atom stereocenters. The molecule has 0 aliphatic heterocycles. The van der Waals surface area contributed by atoms with Crippen LogP contribution in [0.25, 0.3) is 0 Å². The molecule has 0 aromatic heterocycles. The van der Waals surface area contributed by atoms with Crippen molar-refractivity contribution in [1.29, 1.82) is 0 Å². The molecule has 3 heteroatoms. The highest BCUT2D eigenvalue weighted by Crippen LogP contribution is 2.29. The first-order chi connectivity index (χ1) is 7.28. The van der Waals surface area contributed by atoms with Gasteiger partial charge in [0.2, 0.25) is 5.91 Å². The molecule has 2 rings (SSSR count). The van der Waals surface area contributed by atoms with Crippen molar-refractivity contribution in [2.45, 2.75) is 38.1 Å². The number of amides is 1. The summed E-state index contributed by atoms with van der Waals surface area (Å²) in [5.74, 6) is 1.04. The number of hydrogen-bond donors (Lipinski definition) is 2. The molecule has 2 N–H and O–H groups in total. The molecule has 84 valence electrons. The first-order valence-electron chi connectivity index (χ1n) is 5.86. The minimum atomic E-state index is 0.148. The summed E-state index contributed by atoms with van der Waals surface area (Å²) in [6.07, 6.45) is 9.25. The summed E-state index contributed by atoms with van der Waals surface area (Å²) in [5.41, 5.74) is 0. The van der Waals surface area contributed by atoms with Crippen molar-refractivity contribution in [3.8, 4) is 0 Å². The van der Waals surface area contributed by atoms with E-state index in [1.807, 2.05) is 12.2 Å². The van der Waals surface area contributed by atoms with Crippen molar-refractivity contribution in [2.24, 2.45) is 11.8 Å². The van der Waals surface area contributed by atoms with Crippen LogP contribution in [-0.2, 0) is 4.79 Å². The Morgan fingerprint density at radius 1 is 1.40 bits per heavy atom. The third-order valence-corrected chi connectivity index (χ3v) is 3.45. The summed E-state index contributed by atoms with van der Waals surface area (Å²) in [6.45, 7) is 0.186. The van der Waals surface area contributed by atoms with E-state index in [0.717, 1.165) is 6.42 Å². The molecule has 0 spiro atoms. The second-order valence-corrected chi connectivity index (χ2v) is 4.74. The van der Waals surface area contributed by atoms with Crippen molar-refractivity contribution in [3.05, 3.63) is 12.2 Å². The van der Waals surface area contributed by atoms with E-state index < -0.39 is 0 Å². The predicted octanol–water partition coefficient (Wildman–Crippen LogP) is 1.23. The zero-order chi connectivity index (χ0) is 10.7. The summed E-state index contributed by atoms with van der Waals surface area (Å²) >= 11 is 0. The molecule has 0 saturated heterocycles. The van der Waals surface area contributed by atoms with Gasteiger partial charge in [-0.2, -0.15) is 0 Å². The molecule has 0 aromatic rings. The van der Waals surface area contributed by atoms with Gasteiger partial charge in [0.15, 0.2) is 0 Å². The van der Waals surface area contributed by atoms with Gasteiger partial charge in [-0.25, -0.2) is 0 Å². The van der Waals surface area contributed by atoms with Crippen LogP contribution in [-0.4, -0.2) is 23.7 Å². The third-order valence-electron chi connectivity index (χ3n) is 3.45. The summed E-state index contributed by atoms with van der Waals surface area (Å²) in [5, 5.41) is 12.0. The van der Waals surface area contributed by atoms with Crippen LogP contribution in [0.4, 0.5) is 0 Å². The summed E-state index contributed by atoms with van der Waals surface area (Å²) in [6, 6.07) is 0.148. The van der Waals surface area contributed by atoms with Crippen molar-refractivity contribution < 1.29 is 9.90 Å². The maximum atomic E-state index is 11.6. The quantitative estimate of drug-likeness (QED) is 0.684. The lowest BCUT2D eigenvalue weighted by Crippen LogP contribution is -2.34. The minimum absolute atomic E-state index is 0.148. The molecule has 1 saturated carbocycles. The number of carbonyl (C=O) groups excluding carboxylic acids is 1. The van der Waals surface area contributed by atoms with Crippen LogP contribution >= 0.6 is 0 Å². The molecule has 0 radical (unpaired) electrons. The highest BCUT2D eigenvalue weighted by atomic mass is 16.3. The van der Waals surface area contributed by atoms with Crippen LogP contribution in [0.3, 0.4) is 0 Å². The molecule has 0 heterocycles. The second kappa shape index (κ2) is 4.79. The van der Waals surface area contributed by atoms with Crippen LogP contribution in [0.5, 0.6) is 0 Å². The van der Waals surface area contributed by atoms with Gasteiger partial charge >= 0.3 is 0 Å². The highest BCUT2D eigenvalue weighted by molar-refractivity contribution is 5.76. The molecule has 0 aromatic carbocycles. The van der Waals surface area contributed by atoms with Crippen LogP contribution in [0.2, 0.25) is 0 Å². The van der Waals surface area contributed by atoms with Crippen LogP contribution in [0, 0.1) is 11.8 Å². The molecule has 2 aliphatic carbocycles. The van der Waals surface area contributed by atoms with Gasteiger partial charge in [0.05, 0.1) is 0 Å². The lowest BCUT2D eigenvalue weighted by atomic mass is 9.83. The fraction of sp³-hybridized carbons (Fsp3) is 0.750. The third kappa shape index (κ3) is 2.81. The van der Waals surface area contributed by atoms with E-state index in [9.17, 15) is 4.79 Å². The van der Waals surface area contributed by atoms with E-state index in [4.69, 9.17) is 5.11 Å². The number of aliphatic hydroxyl groups excluding tert-OH is 1. The van der Waals surface area contributed by atoms with Gasteiger partial charge in [-0.3, -0.25) is 4.79 Å². The molecule has 2 atom stereocenters. The number of carbonyl (C=O) groups is 1. The number of rotatable bonds is 4. The lowest BCUT2D eigenvalue weighted by molar-refractivity contribution is -0.123. The fourth-order valence-electron chi connectivity index (χ4n) is 2.24. The van der Waals surface area contributed by atoms with E-state index in [2.05, 4.69) is 5.32 Å². The Morgan fingerprint density at radius 2 is 2.20 bits per heavy atom. The van der Waals surface area contributed by atoms with E-state index in [0.29, 0.717) is 12.3 Å². The van der Waals surface area contributed by atoms with Gasteiger partial charge < -0.3 is 10.4 Å². The molecule has 1 amide bonds. The summed E-state index contributed by atoms with van der Waals surface area (Å²) in [7, 11) is 0. The van der Waals surface area contributed by atoms with Crippen molar-refractivity contribution >= 4 is 5.91 Å². The van der Waals surface area contributed by atoms with E-state index in [1.54, 1.807) is 0 Å². The SMILES string of the molecule is O=C(CC1CCC1)N[C@@H]1C=C[C@H](CO)C1. The predicted molar refractivity (Wildman–Crippen MR) is 58.2 cm³/mol. The average molecular weight is 209 g/mol. The molecule has 1 fully saturated rings. The van der Waals surface area contributed by atoms with Crippen LogP contribution in [0.1, 0.15) is 32.1 Å². The Bertz CT molecular complexity index is 258. The molecule has 2 aliphatic rings. The number of hydrogen-bond acceptors (Lipinski definition) is 2. The minimum Gasteiger partial charge on any atom is -0.396 e. The summed E-state index contributed by atoms with van der Waals surface area (Å²) in [4.78, 5) is 11.6. The molecule has 3 nitrogen and oxygen atoms in total. The van der Waals surface area contributed by atoms with Crippen LogP contribution in [0.15, 0.2) is 12.2 Å². The average Bonchev–Trinajstić information content (AvgIpc) is 2.59. The van der Waals surface area contributed by atoms with E-state index >= 15 is 0 Å². The van der Waals surface area contributed by atoms with Crippen molar-refractivity contribution in [3.63, 3.8) is 0 Å². The van der Waals surface area contributed by atoms with Gasteiger partial charge in [-0.05, 0) is 25.2 Å². The normalized spacial score (nSPS) is 30.2. The smallest absolute Gasteiger partial charge is 0.220 e. The molecule has 15 heavy (non-hydrogen) atoms. The first-order valence-corrected chi connectivity index (χ1v) is 5.86. The monoisotopic (exact) mass is 209 g/mol. The van der Waals surface area contributed by atoms with Gasteiger partial charge in [0.1, 0.15) is 0 Å². The molecular weight excluding hydrogens is 190 g/mol. The number of nitrogens with one attached hydrogen (secondary N) is 1. The van der Waals surface area contributed by atoms with E-state index in [-0.39, 0.29) is 24.5 Å². The zero-order valence-electron chi connectivity index (χ0n) is 8.98. The molecule has 0 bridgehead atoms. The van der Waals surface area contributed by atoms with Crippen molar-refractivity contribution in [1.82, 2.24) is 5.32 Å². The van der Waals surface area contributed by atoms with E-state index in [1.165, 1.54) is 19.3 Å². The Labute approximate surface area is 90.6 Å². The number of aliphatic hydroxyl groups is 1. The largest absolute Gasteiger partial charge is 0.396 e. The van der Waals surface area contributed by atoms with Crippen LogP contribution < -0.4 is 5.32 Å². The Hall–Kier alpha value is -0.830. The maximum Gasteiger partial charge on any atom is 0.220 e. The Morgan fingerprint density at radius 3 is 2.73 bits per heavy atom. The topological polar surface area (TPSA) is 49.3 Å². The lowest BCUT2D eigenvalue weighted by Gasteiger charge is -2.25. The maximum absolute atomic E-state index is 11.6. The van der Waals surface area contributed by atoms with Gasteiger partial charge in [0, 0.05) is 25.0 Å². The first kappa shape index (κ1) is 10.7. The Balaban J connectivity index is 1.68. The Kier molecular flexibility index (Phi) is 3.41.